The van der Waals surface area contributed by atoms with Gasteiger partial charge in [0.1, 0.15) is 29.4 Å². The molecule has 1 aliphatic rings. The number of pyridine rings is 3. The van der Waals surface area contributed by atoms with Gasteiger partial charge >= 0.3 is 0 Å². The van der Waals surface area contributed by atoms with E-state index in [1.165, 1.54) is 37.8 Å². The fraction of sp³-hybridized carbons (Fsp3) is 0.324. The number of likely N-dealkylation sites (N-methyl/N-ethyl adjacent to an activating group) is 1. The quantitative estimate of drug-likeness (QED) is 0.165. The molecule has 0 radical (unpaired) electrons. The summed E-state index contributed by atoms with van der Waals surface area (Å²) in [6.45, 7) is 3.00. The van der Waals surface area contributed by atoms with Gasteiger partial charge in [-0.15, -0.1) is 0 Å². The third kappa shape index (κ3) is 6.40. The van der Waals surface area contributed by atoms with E-state index in [1.807, 2.05) is 43.7 Å². The summed E-state index contributed by atoms with van der Waals surface area (Å²) in [5, 5.41) is 12.0. The number of fused-ring (bicyclic) bond motifs is 2. The molecule has 0 saturated heterocycles. The Hall–Kier alpha value is -4.74. The molecule has 10 nitrogen and oxygen atoms in total. The molecule has 5 aromatic heterocycles. The molecule has 1 fully saturated rings. The fourth-order valence-corrected chi connectivity index (χ4v) is 6.01. The van der Waals surface area contributed by atoms with Gasteiger partial charge in [0.2, 0.25) is 0 Å². The molecular weight excluding hydrogens is 569 g/mol. The van der Waals surface area contributed by atoms with Crippen LogP contribution >= 0.6 is 0 Å². The first-order chi connectivity index (χ1) is 22.0. The molecule has 3 N–H and O–H groups in total. The predicted octanol–water partition coefficient (Wildman–Crippen LogP) is 5.98. The molecule has 1 aromatic carbocycles. The molecule has 0 aliphatic heterocycles. The van der Waals surface area contributed by atoms with Crippen molar-refractivity contribution in [3.05, 3.63) is 72.6 Å². The Morgan fingerprint density at radius 2 is 1.84 bits per heavy atom. The van der Waals surface area contributed by atoms with Gasteiger partial charge in [-0.05, 0) is 75.3 Å². The highest BCUT2D eigenvalue weighted by atomic mass is 19.1. The van der Waals surface area contributed by atoms with Crippen LogP contribution in [-0.4, -0.2) is 73.8 Å². The lowest BCUT2D eigenvalue weighted by molar-refractivity contribution is 0.260. The van der Waals surface area contributed by atoms with E-state index in [-0.39, 0.29) is 0 Å². The topological polar surface area (TPSA) is 121 Å². The van der Waals surface area contributed by atoms with E-state index < -0.39 is 5.82 Å². The Morgan fingerprint density at radius 1 is 0.978 bits per heavy atom. The van der Waals surface area contributed by atoms with Crippen LogP contribution in [0.5, 0.6) is 5.75 Å². The molecule has 0 bridgehead atoms. The van der Waals surface area contributed by atoms with E-state index in [2.05, 4.69) is 47.6 Å². The van der Waals surface area contributed by atoms with Crippen molar-refractivity contribution in [3.8, 4) is 39.7 Å². The molecule has 230 valence electrons. The van der Waals surface area contributed by atoms with Crippen LogP contribution in [0.25, 0.3) is 56.0 Å². The van der Waals surface area contributed by atoms with Gasteiger partial charge < -0.3 is 19.9 Å². The van der Waals surface area contributed by atoms with Crippen LogP contribution in [0.2, 0.25) is 0 Å². The first kappa shape index (κ1) is 29.0. The van der Waals surface area contributed by atoms with E-state index in [0.29, 0.717) is 46.3 Å². The van der Waals surface area contributed by atoms with E-state index in [4.69, 9.17) is 9.72 Å². The average molecular weight is 606 g/mol. The van der Waals surface area contributed by atoms with Crippen molar-refractivity contribution < 1.29 is 9.13 Å². The zero-order valence-corrected chi connectivity index (χ0v) is 25.5. The van der Waals surface area contributed by atoms with E-state index in [9.17, 15) is 4.39 Å². The molecule has 1 aliphatic carbocycles. The number of hydrogen-bond donors (Lipinski definition) is 3. The minimum absolute atomic E-state index is 0.401. The van der Waals surface area contributed by atoms with E-state index >= 15 is 0 Å². The minimum Gasteiger partial charge on any atom is -0.492 e. The van der Waals surface area contributed by atoms with Crippen LogP contribution in [0.4, 0.5) is 4.39 Å². The second-order valence-electron chi connectivity index (χ2n) is 12.0. The smallest absolute Gasteiger partial charge is 0.159 e. The number of aromatic amines is 2. The highest BCUT2D eigenvalue weighted by Crippen LogP contribution is 2.33. The second kappa shape index (κ2) is 12.7. The highest BCUT2D eigenvalue weighted by Gasteiger charge is 2.18. The highest BCUT2D eigenvalue weighted by molar-refractivity contribution is 5.96. The molecule has 45 heavy (non-hydrogen) atoms. The molecule has 0 spiro atoms. The van der Waals surface area contributed by atoms with Gasteiger partial charge in [-0.25, -0.2) is 14.4 Å². The summed E-state index contributed by atoms with van der Waals surface area (Å²) < 4.78 is 20.5. The molecule has 0 amide bonds. The lowest BCUT2D eigenvalue weighted by Crippen LogP contribution is -2.20. The summed E-state index contributed by atoms with van der Waals surface area (Å²) in [6.07, 6.45) is 12.6. The number of aromatic nitrogens is 7. The molecule has 11 heteroatoms. The monoisotopic (exact) mass is 605 g/mol. The second-order valence-corrected chi connectivity index (χ2v) is 12.0. The summed E-state index contributed by atoms with van der Waals surface area (Å²) in [4.78, 5) is 24.0. The van der Waals surface area contributed by atoms with Gasteiger partial charge in [0, 0.05) is 60.6 Å². The predicted molar refractivity (Wildman–Crippen MR) is 173 cm³/mol. The number of ether oxygens (including phenoxy) is 1. The normalized spacial score (nSPS) is 13.9. The van der Waals surface area contributed by atoms with Crippen LogP contribution in [-0.2, 0) is 6.54 Å². The van der Waals surface area contributed by atoms with Crippen LogP contribution in [0.1, 0.15) is 31.2 Å². The SMILES string of the molecule is CN(C)CCOc1cc(F)cc(-c2nccc3[nH]c(-c4n[nH]c5ncc(-c6cncc(CNCC7CCCC7)c6)cc45)nc23)c1. The van der Waals surface area contributed by atoms with Crippen LogP contribution < -0.4 is 10.1 Å². The average Bonchev–Trinajstić information content (AvgIpc) is 3.80. The van der Waals surface area contributed by atoms with Crippen molar-refractivity contribution in [2.24, 2.45) is 5.92 Å². The number of benzene rings is 1. The standard InChI is InChI=1S/C34H36FN9O/c1-44(2)9-10-45-27-13-23(12-26(35)15-27)30-32-29(7-8-38-30)40-34(41-32)31-28-14-25(20-39-33(28)43-42-31)24-11-22(18-37-19-24)17-36-16-21-5-3-4-6-21/h7-8,11-15,18-21,36H,3-6,9-10,16-17H2,1-2H3,(H,40,41)(H,39,42,43). The van der Waals surface area contributed by atoms with Crippen molar-refractivity contribution >= 4 is 22.1 Å². The Morgan fingerprint density at radius 3 is 2.71 bits per heavy atom. The number of nitrogens with zero attached hydrogens (tertiary/aromatic N) is 6. The maximum absolute atomic E-state index is 14.7. The van der Waals surface area contributed by atoms with Crippen molar-refractivity contribution in [1.29, 1.82) is 0 Å². The zero-order valence-electron chi connectivity index (χ0n) is 25.5. The van der Waals surface area contributed by atoms with Gasteiger partial charge in [0.05, 0.1) is 16.6 Å². The summed E-state index contributed by atoms with van der Waals surface area (Å²) in [5.41, 5.74) is 6.86. The molecule has 0 atom stereocenters. The van der Waals surface area contributed by atoms with Gasteiger partial charge in [0.25, 0.3) is 0 Å². The number of rotatable bonds is 11. The Bertz CT molecular complexity index is 1940. The largest absolute Gasteiger partial charge is 0.492 e. The maximum atomic E-state index is 14.7. The van der Waals surface area contributed by atoms with Crippen LogP contribution in [0.15, 0.2) is 61.2 Å². The number of halogens is 1. The summed E-state index contributed by atoms with van der Waals surface area (Å²) >= 11 is 0. The third-order valence-corrected chi connectivity index (χ3v) is 8.36. The zero-order chi connectivity index (χ0) is 30.8. The minimum atomic E-state index is -0.401. The molecular formula is C34H36FN9O. The third-order valence-electron chi connectivity index (χ3n) is 8.36. The van der Waals surface area contributed by atoms with Crippen LogP contribution in [0, 0.1) is 11.7 Å². The first-order valence-corrected chi connectivity index (χ1v) is 15.4. The molecule has 5 heterocycles. The molecule has 6 aromatic rings. The van der Waals surface area contributed by atoms with Crippen molar-refractivity contribution in [2.75, 3.05) is 33.8 Å². The lowest BCUT2D eigenvalue weighted by atomic mass is 10.1. The molecule has 7 rings (SSSR count). The van der Waals surface area contributed by atoms with E-state index in [0.717, 1.165) is 53.1 Å². The maximum Gasteiger partial charge on any atom is 0.159 e. The fourth-order valence-electron chi connectivity index (χ4n) is 6.01. The Kier molecular flexibility index (Phi) is 8.19. The number of hydrogen-bond acceptors (Lipinski definition) is 8. The Balaban J connectivity index is 1.17. The van der Waals surface area contributed by atoms with Gasteiger partial charge in [-0.1, -0.05) is 12.8 Å². The van der Waals surface area contributed by atoms with E-state index in [1.54, 1.807) is 12.3 Å². The summed E-state index contributed by atoms with van der Waals surface area (Å²) in [7, 11) is 3.93. The number of nitrogens with one attached hydrogen (secondary N) is 3. The number of H-pyrrole nitrogens is 2. The van der Waals surface area contributed by atoms with Crippen molar-refractivity contribution in [1.82, 2.24) is 45.3 Å². The number of imidazole rings is 1. The first-order valence-electron chi connectivity index (χ1n) is 15.4. The van der Waals surface area contributed by atoms with Gasteiger partial charge in [-0.3, -0.25) is 15.1 Å². The van der Waals surface area contributed by atoms with Crippen molar-refractivity contribution in [2.45, 2.75) is 32.2 Å². The van der Waals surface area contributed by atoms with Gasteiger partial charge in [-0.2, -0.15) is 5.10 Å². The summed E-state index contributed by atoms with van der Waals surface area (Å²) in [5.74, 6) is 1.39. The Labute approximate surface area is 260 Å². The van der Waals surface area contributed by atoms with Gasteiger partial charge in [0.15, 0.2) is 11.5 Å². The lowest BCUT2D eigenvalue weighted by Gasteiger charge is -2.12. The summed E-state index contributed by atoms with van der Waals surface area (Å²) in [6, 6.07) is 10.7. The molecule has 0 unspecified atom stereocenters. The van der Waals surface area contributed by atoms with Crippen LogP contribution in [0.3, 0.4) is 0 Å². The molecule has 1 saturated carbocycles. The van der Waals surface area contributed by atoms with Crippen molar-refractivity contribution in [3.63, 3.8) is 0 Å².